The van der Waals surface area contributed by atoms with Crippen LogP contribution in [0.25, 0.3) is 0 Å². The van der Waals surface area contributed by atoms with E-state index in [4.69, 9.17) is 0 Å². The summed E-state index contributed by atoms with van der Waals surface area (Å²) in [6.07, 6.45) is 5.79. The van der Waals surface area contributed by atoms with Crippen LogP contribution in [0.2, 0.25) is 0 Å². The predicted molar refractivity (Wildman–Crippen MR) is 89.5 cm³/mol. The summed E-state index contributed by atoms with van der Waals surface area (Å²) >= 11 is 0. The van der Waals surface area contributed by atoms with E-state index in [0.29, 0.717) is 18.4 Å². The molecule has 1 aliphatic rings. The highest BCUT2D eigenvalue weighted by Gasteiger charge is 2.20. The summed E-state index contributed by atoms with van der Waals surface area (Å²) in [6.45, 7) is 13.3. The van der Waals surface area contributed by atoms with Crippen molar-refractivity contribution >= 4 is 5.91 Å². The third-order valence-corrected chi connectivity index (χ3v) is 4.15. The first-order valence-corrected chi connectivity index (χ1v) is 8.92. The van der Waals surface area contributed by atoms with Crippen molar-refractivity contribution in [3.05, 3.63) is 0 Å². The molecule has 0 aromatic heterocycles. The molecule has 124 valence electrons. The van der Waals surface area contributed by atoms with Crippen molar-refractivity contribution in [3.8, 4) is 0 Å². The molecule has 1 atom stereocenters. The minimum atomic E-state index is 0.316. The van der Waals surface area contributed by atoms with Gasteiger partial charge in [0.25, 0.3) is 0 Å². The van der Waals surface area contributed by atoms with Gasteiger partial charge in [-0.2, -0.15) is 0 Å². The number of nitrogens with zero attached hydrogens (tertiary/aromatic N) is 2. The molecule has 0 aromatic rings. The zero-order valence-corrected chi connectivity index (χ0v) is 14.4. The maximum Gasteiger partial charge on any atom is 0.236 e. The van der Waals surface area contributed by atoms with Crippen LogP contribution in [0.5, 0.6) is 0 Å². The minimum absolute atomic E-state index is 0.316. The molecule has 0 spiro atoms. The summed E-state index contributed by atoms with van der Waals surface area (Å²) in [5, 5.41) is 3.48. The molecule has 1 aliphatic heterocycles. The fraction of sp³-hybridized carbons (Fsp3) is 0.941. The van der Waals surface area contributed by atoms with Gasteiger partial charge in [0, 0.05) is 19.6 Å². The summed E-state index contributed by atoms with van der Waals surface area (Å²) in [6, 6.07) is 0. The number of hydrogen-bond acceptors (Lipinski definition) is 3. The second-order valence-electron chi connectivity index (χ2n) is 6.33. The summed E-state index contributed by atoms with van der Waals surface area (Å²) in [7, 11) is 0. The Morgan fingerprint density at radius 2 is 1.76 bits per heavy atom. The Balaban J connectivity index is 2.48. The molecule has 1 saturated heterocycles. The Morgan fingerprint density at radius 3 is 2.29 bits per heavy atom. The van der Waals surface area contributed by atoms with Gasteiger partial charge in [0.05, 0.1) is 6.54 Å². The summed E-state index contributed by atoms with van der Waals surface area (Å²) in [5.41, 5.74) is 0. The summed E-state index contributed by atoms with van der Waals surface area (Å²) in [4.78, 5) is 16.9. The molecular formula is C17H35N3O. The third kappa shape index (κ3) is 7.28. The van der Waals surface area contributed by atoms with E-state index in [1.807, 2.05) is 4.90 Å². The molecule has 0 aliphatic carbocycles. The average Bonchev–Trinajstić information content (AvgIpc) is 2.48. The maximum atomic E-state index is 12.5. The molecule has 4 nitrogen and oxygen atoms in total. The van der Waals surface area contributed by atoms with E-state index in [2.05, 4.69) is 31.0 Å². The van der Waals surface area contributed by atoms with E-state index in [-0.39, 0.29) is 0 Å². The normalized spacial score (nSPS) is 19.0. The predicted octanol–water partition coefficient (Wildman–Crippen LogP) is 2.35. The zero-order chi connectivity index (χ0) is 15.5. The van der Waals surface area contributed by atoms with Crippen LogP contribution >= 0.6 is 0 Å². The second kappa shape index (κ2) is 11.0. The molecule has 4 heteroatoms. The van der Waals surface area contributed by atoms with Gasteiger partial charge in [-0.15, -0.1) is 0 Å². The van der Waals surface area contributed by atoms with Crippen molar-refractivity contribution in [3.63, 3.8) is 0 Å². The smallest absolute Gasteiger partial charge is 0.236 e. The van der Waals surface area contributed by atoms with E-state index in [1.165, 1.54) is 12.8 Å². The van der Waals surface area contributed by atoms with Crippen LogP contribution in [0.4, 0.5) is 0 Å². The molecular weight excluding hydrogens is 262 g/mol. The highest BCUT2D eigenvalue weighted by atomic mass is 16.2. The van der Waals surface area contributed by atoms with E-state index in [1.54, 1.807) is 0 Å². The van der Waals surface area contributed by atoms with Gasteiger partial charge in [-0.1, -0.05) is 20.8 Å². The Kier molecular flexibility index (Phi) is 9.68. The maximum absolute atomic E-state index is 12.5. The monoisotopic (exact) mass is 297 g/mol. The van der Waals surface area contributed by atoms with Gasteiger partial charge in [0.15, 0.2) is 0 Å². The van der Waals surface area contributed by atoms with Crippen molar-refractivity contribution in [2.75, 3.05) is 45.8 Å². The number of carbonyl (C=O) groups excluding carboxylic acids is 1. The Morgan fingerprint density at radius 1 is 1.10 bits per heavy atom. The Hall–Kier alpha value is -0.610. The number of rotatable bonds is 10. The minimum Gasteiger partial charge on any atom is -0.342 e. The molecule has 0 saturated carbocycles. The van der Waals surface area contributed by atoms with Gasteiger partial charge in [0.1, 0.15) is 0 Å². The van der Waals surface area contributed by atoms with Gasteiger partial charge < -0.3 is 10.2 Å². The lowest BCUT2D eigenvalue weighted by atomic mass is 9.99. The van der Waals surface area contributed by atoms with Crippen molar-refractivity contribution in [1.82, 2.24) is 15.1 Å². The van der Waals surface area contributed by atoms with Gasteiger partial charge in [-0.3, -0.25) is 9.69 Å². The van der Waals surface area contributed by atoms with Gasteiger partial charge in [-0.25, -0.2) is 0 Å². The second-order valence-corrected chi connectivity index (χ2v) is 6.33. The van der Waals surface area contributed by atoms with Crippen molar-refractivity contribution in [2.45, 2.75) is 52.9 Å². The van der Waals surface area contributed by atoms with Gasteiger partial charge >= 0.3 is 0 Å². The zero-order valence-electron chi connectivity index (χ0n) is 14.4. The van der Waals surface area contributed by atoms with Crippen LogP contribution in [0.1, 0.15) is 52.9 Å². The van der Waals surface area contributed by atoms with Crippen LogP contribution < -0.4 is 5.32 Å². The van der Waals surface area contributed by atoms with Crippen LogP contribution in [-0.4, -0.2) is 61.5 Å². The number of piperidine rings is 1. The van der Waals surface area contributed by atoms with Crippen LogP contribution in [-0.2, 0) is 4.79 Å². The SMILES string of the molecule is CCCN(CC(=O)N(CCC)CCC)CC1CCCNC1. The number of nitrogens with one attached hydrogen (secondary N) is 1. The fourth-order valence-corrected chi connectivity index (χ4v) is 3.19. The lowest BCUT2D eigenvalue weighted by Gasteiger charge is -2.31. The molecule has 0 aromatic carbocycles. The van der Waals surface area contributed by atoms with E-state index in [9.17, 15) is 4.79 Å². The highest BCUT2D eigenvalue weighted by molar-refractivity contribution is 5.78. The van der Waals surface area contributed by atoms with Gasteiger partial charge in [-0.05, 0) is 57.7 Å². The molecule has 1 fully saturated rings. The van der Waals surface area contributed by atoms with Crippen LogP contribution in [0, 0.1) is 5.92 Å². The third-order valence-electron chi connectivity index (χ3n) is 4.15. The first-order chi connectivity index (χ1) is 10.2. The standard InChI is InChI=1S/C17H35N3O/c1-4-10-19(14-16-8-7-9-18-13-16)15-17(21)20(11-5-2)12-6-3/h16,18H,4-15H2,1-3H3. The number of hydrogen-bond donors (Lipinski definition) is 1. The van der Waals surface area contributed by atoms with E-state index in [0.717, 1.165) is 58.5 Å². The Bertz CT molecular complexity index is 271. The lowest BCUT2D eigenvalue weighted by Crippen LogP contribution is -2.45. The quantitative estimate of drug-likeness (QED) is 0.672. The first kappa shape index (κ1) is 18.4. The highest BCUT2D eigenvalue weighted by Crippen LogP contribution is 2.12. The molecule has 21 heavy (non-hydrogen) atoms. The fourth-order valence-electron chi connectivity index (χ4n) is 3.19. The largest absolute Gasteiger partial charge is 0.342 e. The topological polar surface area (TPSA) is 35.6 Å². The molecule has 1 unspecified atom stereocenters. The number of amides is 1. The van der Waals surface area contributed by atoms with E-state index >= 15 is 0 Å². The summed E-state index contributed by atoms with van der Waals surface area (Å²) < 4.78 is 0. The van der Waals surface area contributed by atoms with Crippen LogP contribution in [0.15, 0.2) is 0 Å². The number of carbonyl (C=O) groups is 1. The summed E-state index contributed by atoms with van der Waals surface area (Å²) in [5.74, 6) is 1.03. The molecule has 1 heterocycles. The first-order valence-electron chi connectivity index (χ1n) is 8.92. The molecule has 0 radical (unpaired) electrons. The molecule has 0 bridgehead atoms. The van der Waals surface area contributed by atoms with E-state index < -0.39 is 0 Å². The van der Waals surface area contributed by atoms with Gasteiger partial charge in [0.2, 0.25) is 5.91 Å². The molecule has 1 N–H and O–H groups in total. The molecule has 1 amide bonds. The van der Waals surface area contributed by atoms with Crippen molar-refractivity contribution < 1.29 is 4.79 Å². The van der Waals surface area contributed by atoms with Crippen molar-refractivity contribution in [1.29, 1.82) is 0 Å². The van der Waals surface area contributed by atoms with Crippen LogP contribution in [0.3, 0.4) is 0 Å². The lowest BCUT2D eigenvalue weighted by molar-refractivity contribution is -0.132. The average molecular weight is 297 g/mol. The van der Waals surface area contributed by atoms with Crippen molar-refractivity contribution in [2.24, 2.45) is 5.92 Å². The Labute approximate surface area is 131 Å². The molecule has 1 rings (SSSR count).